The van der Waals surface area contributed by atoms with Crippen LogP contribution >= 0.6 is 0 Å². The zero-order valence-electron chi connectivity index (χ0n) is 19.9. The molecule has 2 rings (SSSR count). The third kappa shape index (κ3) is 9.34. The van der Waals surface area contributed by atoms with E-state index in [1.165, 1.54) is 0 Å². The molecule has 2 atom stereocenters. The number of Topliss-reactive ketones (excluding diaryl/α,β-unsaturated/α-hetero) is 1. The van der Waals surface area contributed by atoms with Gasteiger partial charge >= 0.3 is 7.12 Å². The van der Waals surface area contributed by atoms with Crippen molar-refractivity contribution in [2.24, 2.45) is 22.6 Å². The molecular weight excluding hydrogens is 453 g/mol. The van der Waals surface area contributed by atoms with E-state index in [9.17, 15) is 29.8 Å². The summed E-state index contributed by atoms with van der Waals surface area (Å²) in [6.07, 6.45) is 0.838. The lowest BCUT2D eigenvalue weighted by atomic mass is 9.74. The maximum atomic E-state index is 13.1. The SMILES string of the molecule is CC(C)C[C@H](NC(=O)[C@H](CCCN=C(N)N[N+](=O)[O-])CC(=O)c1ccc2ccccc2c1)B(O)O. The highest BCUT2D eigenvalue weighted by Gasteiger charge is 2.30. The molecule has 11 nitrogen and oxygen atoms in total. The standard InChI is InChI=1S/C23H32BN5O6/c1-15(2)12-21(24(32)33)27-22(31)19(8-5-11-26-23(25)28-29(34)35)14-20(30)18-10-9-16-6-3-4-7-17(16)13-18/h3-4,6-7,9-10,13,15,19,21,32-33H,5,8,11-12,14H2,1-2H3,(H,27,31)(H3,25,26,28)/t19-,21+/m1/s1. The summed E-state index contributed by atoms with van der Waals surface area (Å²) in [6, 6.07) is 13.0. The Labute approximate surface area is 204 Å². The number of nitrogens with zero attached hydrogens (tertiary/aromatic N) is 2. The number of aliphatic imine (C=N–C) groups is 1. The van der Waals surface area contributed by atoms with Crippen molar-refractivity contribution in [3.05, 3.63) is 58.1 Å². The molecule has 1 amide bonds. The summed E-state index contributed by atoms with van der Waals surface area (Å²) in [4.78, 5) is 40.4. The third-order valence-electron chi connectivity index (χ3n) is 5.49. The van der Waals surface area contributed by atoms with Crippen molar-refractivity contribution in [1.29, 1.82) is 0 Å². The molecule has 0 aliphatic heterocycles. The van der Waals surface area contributed by atoms with Crippen molar-refractivity contribution in [1.82, 2.24) is 10.7 Å². The molecule has 2 aromatic rings. The number of amides is 1. The summed E-state index contributed by atoms with van der Waals surface area (Å²) in [6.45, 7) is 3.89. The first-order valence-corrected chi connectivity index (χ1v) is 11.5. The fourth-order valence-electron chi connectivity index (χ4n) is 3.76. The summed E-state index contributed by atoms with van der Waals surface area (Å²) in [7, 11) is -1.74. The van der Waals surface area contributed by atoms with Gasteiger partial charge in [-0.05, 0) is 42.0 Å². The number of ketones is 1. The second-order valence-corrected chi connectivity index (χ2v) is 8.82. The van der Waals surface area contributed by atoms with Gasteiger partial charge < -0.3 is 21.1 Å². The highest BCUT2D eigenvalue weighted by molar-refractivity contribution is 6.43. The number of guanidine groups is 1. The maximum absolute atomic E-state index is 13.1. The van der Waals surface area contributed by atoms with Gasteiger partial charge in [0, 0.05) is 24.4 Å². The number of carbonyl (C=O) groups is 2. The normalized spacial score (nSPS) is 13.3. The van der Waals surface area contributed by atoms with Gasteiger partial charge in [0.05, 0.1) is 5.94 Å². The number of nitrogens with one attached hydrogen (secondary N) is 2. The van der Waals surface area contributed by atoms with Crippen LogP contribution in [0.25, 0.3) is 10.8 Å². The molecule has 188 valence electrons. The van der Waals surface area contributed by atoms with Crippen LogP contribution in [-0.2, 0) is 4.79 Å². The Bertz CT molecular complexity index is 1060. The topological polar surface area (TPSA) is 180 Å². The van der Waals surface area contributed by atoms with Crippen LogP contribution in [0.4, 0.5) is 0 Å². The van der Waals surface area contributed by atoms with Gasteiger partial charge in [-0.25, -0.2) is 15.1 Å². The number of benzene rings is 2. The summed E-state index contributed by atoms with van der Waals surface area (Å²) >= 11 is 0. The van der Waals surface area contributed by atoms with E-state index < -0.39 is 29.9 Å². The molecule has 2 aromatic carbocycles. The Kier molecular flexibility index (Phi) is 10.6. The molecule has 35 heavy (non-hydrogen) atoms. The van der Waals surface area contributed by atoms with Gasteiger partial charge in [-0.3, -0.25) is 9.59 Å². The first-order chi connectivity index (χ1) is 16.6. The van der Waals surface area contributed by atoms with Crippen molar-refractivity contribution in [2.45, 2.75) is 45.5 Å². The molecule has 0 radical (unpaired) electrons. The lowest BCUT2D eigenvalue weighted by Gasteiger charge is -2.23. The van der Waals surface area contributed by atoms with Crippen molar-refractivity contribution in [3.63, 3.8) is 0 Å². The molecule has 0 saturated carbocycles. The highest BCUT2D eigenvalue weighted by Crippen LogP contribution is 2.21. The molecule has 0 aliphatic carbocycles. The molecule has 6 N–H and O–H groups in total. The lowest BCUT2D eigenvalue weighted by molar-refractivity contribution is -0.525. The second-order valence-electron chi connectivity index (χ2n) is 8.82. The lowest BCUT2D eigenvalue weighted by Crippen LogP contribution is -2.49. The molecule has 0 aliphatic rings. The fraction of sp³-hybridized carbons (Fsp3) is 0.435. The Hall–Kier alpha value is -3.51. The van der Waals surface area contributed by atoms with E-state index in [-0.39, 0.29) is 37.0 Å². The summed E-state index contributed by atoms with van der Waals surface area (Å²) < 4.78 is 0. The molecule has 12 heteroatoms. The van der Waals surface area contributed by atoms with Crippen LogP contribution < -0.4 is 16.5 Å². The average Bonchev–Trinajstić information content (AvgIpc) is 2.79. The van der Waals surface area contributed by atoms with Gasteiger partial charge in [-0.1, -0.05) is 55.7 Å². The Morgan fingerprint density at radius 3 is 2.49 bits per heavy atom. The van der Waals surface area contributed by atoms with E-state index in [2.05, 4.69) is 10.3 Å². The summed E-state index contributed by atoms with van der Waals surface area (Å²) in [5.41, 5.74) is 7.62. The zero-order chi connectivity index (χ0) is 26.0. The van der Waals surface area contributed by atoms with Gasteiger partial charge in [0.15, 0.2) is 10.8 Å². The molecule has 0 spiro atoms. The first-order valence-electron chi connectivity index (χ1n) is 11.5. The van der Waals surface area contributed by atoms with Crippen LogP contribution in [0, 0.1) is 22.0 Å². The predicted molar refractivity (Wildman–Crippen MR) is 134 cm³/mol. The largest absolute Gasteiger partial charge is 0.475 e. The molecular formula is C23H32BN5O6. The fourth-order valence-corrected chi connectivity index (χ4v) is 3.76. The van der Waals surface area contributed by atoms with Crippen molar-refractivity contribution >= 4 is 35.5 Å². The van der Waals surface area contributed by atoms with Crippen LogP contribution in [0.3, 0.4) is 0 Å². The maximum Gasteiger partial charge on any atom is 0.475 e. The second kappa shape index (κ2) is 13.4. The van der Waals surface area contributed by atoms with Gasteiger partial charge in [0.2, 0.25) is 5.91 Å². The highest BCUT2D eigenvalue weighted by atomic mass is 16.7. The van der Waals surface area contributed by atoms with Gasteiger partial charge in [0.1, 0.15) is 0 Å². The minimum atomic E-state index is -1.74. The van der Waals surface area contributed by atoms with E-state index in [4.69, 9.17) is 5.73 Å². The number of rotatable bonds is 13. The van der Waals surface area contributed by atoms with Crippen molar-refractivity contribution in [2.75, 3.05) is 6.54 Å². The molecule has 0 bridgehead atoms. The van der Waals surface area contributed by atoms with Crippen molar-refractivity contribution < 1.29 is 24.7 Å². The molecule has 0 heterocycles. The molecule has 0 fully saturated rings. The third-order valence-corrected chi connectivity index (χ3v) is 5.49. The summed E-state index contributed by atoms with van der Waals surface area (Å²) in [5, 5.41) is 33.5. The number of hydrogen-bond donors (Lipinski definition) is 5. The van der Waals surface area contributed by atoms with E-state index in [0.29, 0.717) is 18.4 Å². The molecule has 0 saturated heterocycles. The number of nitrogens with two attached hydrogens (primary N) is 1. The Morgan fingerprint density at radius 1 is 1.17 bits per heavy atom. The first kappa shape index (κ1) is 27.7. The van der Waals surface area contributed by atoms with Crippen LogP contribution in [0.15, 0.2) is 47.5 Å². The van der Waals surface area contributed by atoms with Gasteiger partial charge in [-0.2, -0.15) is 0 Å². The zero-order valence-corrected chi connectivity index (χ0v) is 19.9. The monoisotopic (exact) mass is 485 g/mol. The van der Waals surface area contributed by atoms with E-state index in [1.807, 2.05) is 44.2 Å². The minimum absolute atomic E-state index is 0.0908. The number of hydrazine groups is 1. The predicted octanol–water partition coefficient (Wildman–Crippen LogP) is 1.45. The van der Waals surface area contributed by atoms with Crippen molar-refractivity contribution in [3.8, 4) is 0 Å². The summed E-state index contributed by atoms with van der Waals surface area (Å²) in [5.74, 6) is -2.59. The number of nitro groups is 1. The Morgan fingerprint density at radius 2 is 1.86 bits per heavy atom. The van der Waals surface area contributed by atoms with Crippen LogP contribution in [0.5, 0.6) is 0 Å². The number of hydrogen-bond acceptors (Lipinski definition) is 7. The van der Waals surface area contributed by atoms with E-state index >= 15 is 0 Å². The average molecular weight is 485 g/mol. The Balaban J connectivity index is 2.14. The molecule has 0 aromatic heterocycles. The van der Waals surface area contributed by atoms with Gasteiger partial charge in [0.25, 0.3) is 5.96 Å². The number of fused-ring (bicyclic) bond motifs is 1. The van der Waals surface area contributed by atoms with Crippen LogP contribution in [0.2, 0.25) is 0 Å². The smallest absolute Gasteiger partial charge is 0.426 e. The minimum Gasteiger partial charge on any atom is -0.426 e. The molecule has 0 unspecified atom stereocenters. The van der Waals surface area contributed by atoms with E-state index in [1.54, 1.807) is 17.6 Å². The van der Waals surface area contributed by atoms with Crippen LogP contribution in [-0.4, -0.2) is 52.3 Å². The van der Waals surface area contributed by atoms with Crippen LogP contribution in [0.1, 0.15) is 49.9 Å². The van der Waals surface area contributed by atoms with Gasteiger partial charge in [-0.15, -0.1) is 0 Å². The van der Waals surface area contributed by atoms with E-state index in [0.717, 1.165) is 10.8 Å². The number of carbonyl (C=O) groups excluding carboxylic acids is 2. The quantitative estimate of drug-likeness (QED) is 0.0538.